The van der Waals surface area contributed by atoms with Gasteiger partial charge in [0.15, 0.2) is 5.69 Å². The van der Waals surface area contributed by atoms with Crippen molar-refractivity contribution in [3.63, 3.8) is 0 Å². The number of aryl methyl sites for hydroxylation is 1. The van der Waals surface area contributed by atoms with E-state index in [4.69, 9.17) is 19.9 Å². The molecule has 16 nitrogen and oxygen atoms in total. The summed E-state index contributed by atoms with van der Waals surface area (Å²) in [5.41, 5.74) is 2.36. The minimum absolute atomic E-state index is 0.0321. The highest BCUT2D eigenvalue weighted by Gasteiger charge is 2.31. The van der Waals surface area contributed by atoms with Gasteiger partial charge in [-0.2, -0.15) is 0 Å². The molecule has 0 aliphatic rings. The van der Waals surface area contributed by atoms with Crippen LogP contribution in [0.4, 0.5) is 4.79 Å². The van der Waals surface area contributed by atoms with Crippen molar-refractivity contribution >= 4 is 12.1 Å². The maximum Gasteiger partial charge on any atom is 0.515 e. The van der Waals surface area contributed by atoms with Gasteiger partial charge in [0.2, 0.25) is 12.6 Å². The molecule has 0 bridgehead atoms. The van der Waals surface area contributed by atoms with Gasteiger partial charge in [0, 0.05) is 18.5 Å². The molecule has 0 atom stereocenters. The number of imidazole rings is 1. The van der Waals surface area contributed by atoms with E-state index in [1.165, 1.54) is 26.0 Å². The Morgan fingerprint density at radius 2 is 1.69 bits per heavy atom. The Bertz CT molecular complexity index is 1910. The zero-order valence-electron chi connectivity index (χ0n) is 26.9. The van der Waals surface area contributed by atoms with Crippen LogP contribution in [0.25, 0.3) is 22.5 Å². The van der Waals surface area contributed by atoms with Gasteiger partial charge < -0.3 is 24.3 Å². The average Bonchev–Trinajstić information content (AvgIpc) is 3.69. The lowest BCUT2D eigenvalue weighted by Crippen LogP contribution is -2.22. The van der Waals surface area contributed by atoms with Gasteiger partial charge in [0.25, 0.3) is 0 Å². The fraction of sp³-hybridized carbons (Fsp3) is 0.273. The molecular weight excluding hydrogens is 638 g/mol. The molecule has 3 aromatic carbocycles. The van der Waals surface area contributed by atoms with Gasteiger partial charge >= 0.3 is 12.1 Å². The van der Waals surface area contributed by atoms with E-state index in [0.717, 1.165) is 27.9 Å². The van der Waals surface area contributed by atoms with Crippen molar-refractivity contribution in [1.29, 1.82) is 0 Å². The number of nitrogens with zero attached hydrogens (tertiary/aromatic N) is 7. The molecule has 0 amide bonds. The average molecular weight is 674 g/mol. The first kappa shape index (κ1) is 34.8. The molecule has 2 aromatic heterocycles. The number of ether oxygens (including phenoxy) is 2. The number of hydrogen-bond donors (Lipinski definition) is 4. The summed E-state index contributed by atoms with van der Waals surface area (Å²) >= 11 is 0. The molecule has 5 rings (SSSR count). The van der Waals surface area contributed by atoms with Gasteiger partial charge in [-0.15, -0.1) is 15.0 Å². The fourth-order valence-corrected chi connectivity index (χ4v) is 5.10. The van der Waals surface area contributed by atoms with Crippen LogP contribution < -0.4 is 4.74 Å². The molecule has 0 unspecified atom stereocenters. The van der Waals surface area contributed by atoms with E-state index in [2.05, 4.69) is 25.2 Å². The summed E-state index contributed by atoms with van der Waals surface area (Å²) in [6, 6.07) is 21.3. The van der Waals surface area contributed by atoms with Gasteiger partial charge in [-0.3, -0.25) is 10.4 Å². The highest BCUT2D eigenvalue weighted by Crippen LogP contribution is 2.31. The number of aromatic nitrogens is 6. The summed E-state index contributed by atoms with van der Waals surface area (Å²) in [7, 11) is 0. The number of aliphatic hydroxyl groups is 1. The lowest BCUT2D eigenvalue weighted by molar-refractivity contribution is -0.497. The van der Waals surface area contributed by atoms with Crippen molar-refractivity contribution in [1.82, 2.24) is 35.1 Å². The van der Waals surface area contributed by atoms with E-state index in [1.807, 2.05) is 55.5 Å². The number of carboxylic acid groups (broad SMARTS) is 1. The first-order valence-electron chi connectivity index (χ1n) is 15.2. The molecular formula is C33H35N7O9. The molecule has 0 fully saturated rings. The first-order valence-corrected chi connectivity index (χ1v) is 15.2. The van der Waals surface area contributed by atoms with Crippen molar-refractivity contribution in [3.05, 3.63) is 101 Å². The zero-order valence-corrected chi connectivity index (χ0v) is 26.9. The number of carboxylic acids is 1. The predicted molar refractivity (Wildman–Crippen MR) is 170 cm³/mol. The van der Waals surface area contributed by atoms with E-state index in [1.54, 1.807) is 16.7 Å². The maximum atomic E-state index is 12.3. The van der Waals surface area contributed by atoms with Crippen LogP contribution in [0.1, 0.15) is 60.3 Å². The van der Waals surface area contributed by atoms with Crippen LogP contribution in [0.5, 0.6) is 5.75 Å². The monoisotopic (exact) mass is 673 g/mol. The molecule has 16 heteroatoms. The smallest absolute Gasteiger partial charge is 0.477 e. The third kappa shape index (κ3) is 8.69. The minimum Gasteiger partial charge on any atom is -0.477 e. The number of hydrogen-bond acceptors (Lipinski definition) is 13. The van der Waals surface area contributed by atoms with Crippen LogP contribution in [-0.4, -0.2) is 67.9 Å². The summed E-state index contributed by atoms with van der Waals surface area (Å²) in [5.74, 6) is -0.124. The number of carbonyl (C=O) groups excluding carboxylic acids is 1. The lowest BCUT2D eigenvalue weighted by atomic mass is 9.98. The van der Waals surface area contributed by atoms with Gasteiger partial charge in [-0.1, -0.05) is 67.6 Å². The standard InChI is InChI=1S/C33H35N7O9/c1-4-8-27-34-29(33(2,3)44)28(31(41)42)38(27)18-21-13-15-23(16-14-21)25-11-5-6-12-26(25)30-35-37-39(36-30)20-47-32(43)49-24-10-7-9-22(17-24)19-48-40(45)46/h5-7,9-17,44-46H,4,8,18-20H2,1-3H3,(H,41,42). The number of benzene rings is 3. The summed E-state index contributed by atoms with van der Waals surface area (Å²) in [5, 5.41) is 50.1. The number of tetrazole rings is 1. The summed E-state index contributed by atoms with van der Waals surface area (Å²) in [6.07, 6.45) is 0.297. The highest BCUT2D eigenvalue weighted by molar-refractivity contribution is 5.87. The zero-order chi connectivity index (χ0) is 35.1. The quantitative estimate of drug-likeness (QED) is 0.0709. The van der Waals surface area contributed by atoms with E-state index >= 15 is 0 Å². The van der Waals surface area contributed by atoms with Gasteiger partial charge in [-0.25, -0.2) is 19.4 Å². The molecule has 0 aliphatic heterocycles. The number of rotatable bonds is 14. The van der Waals surface area contributed by atoms with Gasteiger partial charge in [0.05, 0.1) is 12.0 Å². The predicted octanol–water partition coefficient (Wildman–Crippen LogP) is 4.82. The van der Waals surface area contributed by atoms with Crippen LogP contribution >= 0.6 is 0 Å². The maximum absolute atomic E-state index is 12.3. The number of aromatic carboxylic acids is 1. The minimum atomic E-state index is -1.42. The van der Waals surface area contributed by atoms with E-state index < -0.39 is 23.1 Å². The highest BCUT2D eigenvalue weighted by atomic mass is 17.1. The Labute approximate surface area is 280 Å². The van der Waals surface area contributed by atoms with Crippen LogP contribution in [0.2, 0.25) is 0 Å². The Kier molecular flexibility index (Phi) is 10.8. The Morgan fingerprint density at radius 1 is 0.959 bits per heavy atom. The van der Waals surface area contributed by atoms with Crippen molar-refractivity contribution in [2.75, 3.05) is 0 Å². The molecule has 2 heterocycles. The second kappa shape index (κ2) is 15.1. The largest absolute Gasteiger partial charge is 0.515 e. The summed E-state index contributed by atoms with van der Waals surface area (Å²) in [6.45, 7) is 4.73. The first-order chi connectivity index (χ1) is 23.4. The third-order valence-corrected chi connectivity index (χ3v) is 7.27. The molecule has 4 N–H and O–H groups in total. The van der Waals surface area contributed by atoms with Crippen molar-refractivity contribution in [3.8, 4) is 28.3 Å². The third-order valence-electron chi connectivity index (χ3n) is 7.27. The van der Waals surface area contributed by atoms with E-state index in [9.17, 15) is 19.8 Å². The second-order valence-electron chi connectivity index (χ2n) is 11.5. The van der Waals surface area contributed by atoms with Crippen molar-refractivity contribution < 1.29 is 44.5 Å². The molecule has 0 spiro atoms. The second-order valence-corrected chi connectivity index (χ2v) is 11.5. The Balaban J connectivity index is 1.28. The molecule has 49 heavy (non-hydrogen) atoms. The van der Waals surface area contributed by atoms with Gasteiger partial charge in [-0.05, 0) is 59.9 Å². The molecule has 5 aromatic rings. The molecule has 0 aliphatic carbocycles. The molecule has 256 valence electrons. The normalized spacial score (nSPS) is 11.6. The SMILES string of the molecule is CCCc1nc(C(C)(C)O)c(C(=O)O)n1Cc1ccc(-c2ccccc2-c2nnn(COC(=O)Oc3cccc(CON(O)O)c3)n2)cc1. The van der Waals surface area contributed by atoms with E-state index in [0.29, 0.717) is 29.2 Å². The summed E-state index contributed by atoms with van der Waals surface area (Å²) in [4.78, 5) is 34.7. The number of carbonyl (C=O) groups is 2. The summed E-state index contributed by atoms with van der Waals surface area (Å²) < 4.78 is 11.9. The van der Waals surface area contributed by atoms with Crippen LogP contribution in [0, 0.1) is 0 Å². The molecule has 0 saturated carbocycles. The topological polar surface area (TPSA) is 207 Å². The lowest BCUT2D eigenvalue weighted by Gasteiger charge is -2.16. The van der Waals surface area contributed by atoms with Crippen LogP contribution in [-0.2, 0) is 41.5 Å². The Morgan fingerprint density at radius 3 is 2.37 bits per heavy atom. The fourth-order valence-electron chi connectivity index (χ4n) is 5.10. The van der Waals surface area contributed by atoms with Crippen LogP contribution in [0.3, 0.4) is 0 Å². The van der Waals surface area contributed by atoms with Crippen molar-refractivity contribution in [2.24, 2.45) is 0 Å². The van der Waals surface area contributed by atoms with E-state index in [-0.39, 0.29) is 37.0 Å². The molecule has 0 radical (unpaired) electrons. The van der Waals surface area contributed by atoms with Crippen LogP contribution in [0.15, 0.2) is 72.8 Å². The van der Waals surface area contributed by atoms with Crippen molar-refractivity contribution in [2.45, 2.75) is 59.1 Å². The molecule has 0 saturated heterocycles. The van der Waals surface area contributed by atoms with Gasteiger partial charge in [0.1, 0.15) is 22.9 Å². The Hall–Kier alpha value is -5.52.